The van der Waals surface area contributed by atoms with Crippen LogP contribution in [-0.4, -0.2) is 108 Å². The van der Waals surface area contributed by atoms with Gasteiger partial charge in [-0.1, -0.05) is 5.21 Å². The van der Waals surface area contributed by atoms with E-state index in [0.717, 1.165) is 11.1 Å². The van der Waals surface area contributed by atoms with Crippen molar-refractivity contribution in [1.82, 2.24) is 19.7 Å². The first-order valence-electron chi connectivity index (χ1n) is 12.0. The highest BCUT2D eigenvalue weighted by Gasteiger charge is 2.69. The zero-order valence-corrected chi connectivity index (χ0v) is 21.8. The van der Waals surface area contributed by atoms with Crippen LogP contribution in [0.1, 0.15) is 19.4 Å². The van der Waals surface area contributed by atoms with E-state index in [-0.39, 0.29) is 5.92 Å². The van der Waals surface area contributed by atoms with Crippen molar-refractivity contribution in [2.24, 2.45) is 5.92 Å². The highest BCUT2D eigenvalue weighted by molar-refractivity contribution is 6.56. The Labute approximate surface area is 207 Å². The molecule has 0 amide bonds. The second-order valence-electron chi connectivity index (χ2n) is 10.7. The van der Waals surface area contributed by atoms with Gasteiger partial charge in [-0.05, 0) is 25.0 Å². The first-order valence-corrected chi connectivity index (χ1v) is 12.0. The van der Waals surface area contributed by atoms with Crippen molar-refractivity contribution in [3.8, 4) is 11.3 Å². The van der Waals surface area contributed by atoms with Crippen LogP contribution >= 0.6 is 0 Å². The van der Waals surface area contributed by atoms with E-state index in [1.54, 1.807) is 10.9 Å². The van der Waals surface area contributed by atoms with Crippen molar-refractivity contribution < 1.29 is 19.7 Å². The molecule has 0 spiro atoms. The van der Waals surface area contributed by atoms with Crippen LogP contribution in [0.15, 0.2) is 18.7 Å². The third-order valence-corrected chi connectivity index (χ3v) is 8.62. The van der Waals surface area contributed by atoms with E-state index >= 15 is 0 Å². The normalized spacial score (nSPS) is 27.9. The summed E-state index contributed by atoms with van der Waals surface area (Å²) in [7, 11) is 11.5. The number of aliphatic hydroxyl groups is 2. The Hall–Kier alpha value is -1.68. The van der Waals surface area contributed by atoms with Gasteiger partial charge in [-0.3, -0.25) is 4.68 Å². The number of rotatable bonds is 9. The summed E-state index contributed by atoms with van der Waals surface area (Å²) >= 11 is 0. The summed E-state index contributed by atoms with van der Waals surface area (Å²) in [5.74, 6) is 0.132. The van der Waals surface area contributed by atoms with Gasteiger partial charge in [0.2, 0.25) is 0 Å². The fourth-order valence-corrected chi connectivity index (χ4v) is 5.53. The summed E-state index contributed by atoms with van der Waals surface area (Å²) in [5.41, 5.74) is 6.23. The second kappa shape index (κ2) is 9.41. The predicted octanol–water partition coefficient (Wildman–Crippen LogP) is -5.10. The van der Waals surface area contributed by atoms with Crippen molar-refractivity contribution in [3.05, 3.63) is 24.3 Å². The Balaban J connectivity index is 1.93. The summed E-state index contributed by atoms with van der Waals surface area (Å²) in [4.78, 5) is 8.65. The lowest BCUT2D eigenvalue weighted by Gasteiger charge is -2.46. The highest BCUT2D eigenvalue weighted by Crippen LogP contribution is 2.65. The number of hydrogen-bond donors (Lipinski definition) is 3. The summed E-state index contributed by atoms with van der Waals surface area (Å²) < 4.78 is 13.2. The van der Waals surface area contributed by atoms with Crippen LogP contribution in [0.5, 0.6) is 0 Å². The van der Waals surface area contributed by atoms with Gasteiger partial charge in [0.1, 0.15) is 59.2 Å². The number of nitrogen functional groups attached to an aromatic ring is 1. The summed E-state index contributed by atoms with van der Waals surface area (Å²) in [6, 6.07) is 0. The molecule has 2 aromatic heterocycles. The Kier molecular flexibility index (Phi) is 7.45. The molecule has 0 bridgehead atoms. The van der Waals surface area contributed by atoms with E-state index < -0.39 is 27.7 Å². The fourth-order valence-electron chi connectivity index (χ4n) is 5.53. The Morgan fingerprint density at radius 2 is 1.71 bits per heavy atom. The lowest BCUT2D eigenvalue weighted by atomic mass is 9.30. The van der Waals surface area contributed by atoms with Crippen molar-refractivity contribution >= 4 is 52.9 Å². The molecule has 0 aliphatic heterocycles. The van der Waals surface area contributed by atoms with Crippen molar-refractivity contribution in [2.75, 3.05) is 18.9 Å². The van der Waals surface area contributed by atoms with Gasteiger partial charge in [-0.15, -0.1) is 0 Å². The standard InChI is InChI=1S/C19H35B6N5O4/c1-3-33-13(34-4-2)5-11-14(27-9-28-15(11)26)10-6-29-30(7-10)8-12-16(20,21)19(25,32)18(23,24)17(12,22)31/h6-7,9,12-13,31-32H,3-5,8,20-25H2,1-2H3,(H2,26,27,28). The van der Waals surface area contributed by atoms with Crippen molar-refractivity contribution in [2.45, 2.75) is 54.5 Å². The molecule has 1 aliphatic carbocycles. The third-order valence-electron chi connectivity index (χ3n) is 8.62. The molecule has 0 radical (unpaired) electrons. The average Bonchev–Trinajstić information content (AvgIpc) is 3.23. The quantitative estimate of drug-likeness (QED) is 0.250. The molecule has 3 unspecified atom stereocenters. The van der Waals surface area contributed by atoms with E-state index in [4.69, 9.17) is 15.2 Å². The minimum Gasteiger partial charge on any atom is -0.401 e. The van der Waals surface area contributed by atoms with Gasteiger partial charge in [0.25, 0.3) is 0 Å². The van der Waals surface area contributed by atoms with Gasteiger partial charge < -0.3 is 25.4 Å². The van der Waals surface area contributed by atoms with Crippen LogP contribution in [0.4, 0.5) is 5.82 Å². The lowest BCUT2D eigenvalue weighted by molar-refractivity contribution is -0.134. The maximum absolute atomic E-state index is 11.6. The van der Waals surface area contributed by atoms with E-state index in [1.165, 1.54) is 6.33 Å². The molecule has 9 nitrogen and oxygen atoms in total. The predicted molar refractivity (Wildman–Crippen MR) is 148 cm³/mol. The Bertz CT molecular complexity index is 987. The lowest BCUT2D eigenvalue weighted by Crippen LogP contribution is -2.54. The van der Waals surface area contributed by atoms with E-state index in [2.05, 4.69) is 15.1 Å². The molecule has 0 aromatic carbocycles. The van der Waals surface area contributed by atoms with Crippen LogP contribution in [0, 0.1) is 5.92 Å². The molecule has 1 saturated carbocycles. The van der Waals surface area contributed by atoms with Gasteiger partial charge in [0.05, 0.1) is 11.9 Å². The van der Waals surface area contributed by atoms with Crippen LogP contribution in [0.2, 0.25) is 10.4 Å². The fraction of sp³-hybridized carbons (Fsp3) is 0.632. The smallest absolute Gasteiger partial charge is 0.161 e. The monoisotopic (exact) mass is 463 g/mol. The van der Waals surface area contributed by atoms with Crippen LogP contribution < -0.4 is 5.73 Å². The van der Waals surface area contributed by atoms with E-state index in [9.17, 15) is 10.2 Å². The second-order valence-corrected chi connectivity index (χ2v) is 10.7. The van der Waals surface area contributed by atoms with Gasteiger partial charge in [-0.2, -0.15) is 5.10 Å². The number of nitrogens with two attached hydrogens (primary N) is 1. The average molecular weight is 462 g/mol. The summed E-state index contributed by atoms with van der Waals surface area (Å²) in [5, 5.41) is 26.3. The minimum atomic E-state index is -1.11. The van der Waals surface area contributed by atoms with Crippen molar-refractivity contribution in [3.63, 3.8) is 0 Å². The molecule has 178 valence electrons. The number of ether oxygens (including phenoxy) is 2. The first-order chi connectivity index (χ1) is 15.7. The van der Waals surface area contributed by atoms with Gasteiger partial charge in [0.15, 0.2) is 6.29 Å². The highest BCUT2D eigenvalue weighted by atomic mass is 16.7. The summed E-state index contributed by atoms with van der Waals surface area (Å²) in [6.07, 6.45) is 5.04. The Morgan fingerprint density at radius 1 is 1.09 bits per heavy atom. The molecule has 2 aromatic rings. The number of hydrogen-bond acceptors (Lipinski definition) is 8. The number of nitrogens with zero attached hydrogens (tertiary/aromatic N) is 4. The molecule has 4 N–H and O–H groups in total. The first kappa shape index (κ1) is 26.9. The molecular weight excluding hydrogens is 427 g/mol. The maximum atomic E-state index is 11.6. The molecule has 34 heavy (non-hydrogen) atoms. The summed E-state index contributed by atoms with van der Waals surface area (Å²) in [6.45, 7) is 5.31. The SMILES string of the molecule is BC1(B)C(Cn2cc(-c3ncnc(N)c3CC(OCC)OCC)cn2)C(B)(O)C(B)(B)C1(B)O. The molecule has 15 heteroatoms. The molecule has 1 aliphatic rings. The molecule has 2 heterocycles. The molecule has 1 fully saturated rings. The topological polar surface area (TPSA) is 129 Å². The number of aromatic nitrogens is 4. The molecule has 3 atom stereocenters. The van der Waals surface area contributed by atoms with E-state index in [1.807, 2.05) is 67.1 Å². The maximum Gasteiger partial charge on any atom is 0.161 e. The molecular formula is C19H35B6N5O4. The van der Waals surface area contributed by atoms with Gasteiger partial charge >= 0.3 is 0 Å². The van der Waals surface area contributed by atoms with Crippen LogP contribution in [0.3, 0.4) is 0 Å². The van der Waals surface area contributed by atoms with Gasteiger partial charge in [0, 0.05) is 54.5 Å². The molecule has 3 rings (SSSR count). The zero-order valence-electron chi connectivity index (χ0n) is 21.8. The number of anilines is 1. The third kappa shape index (κ3) is 4.25. The van der Waals surface area contributed by atoms with Crippen molar-refractivity contribution in [1.29, 1.82) is 0 Å². The molecule has 0 saturated heterocycles. The largest absolute Gasteiger partial charge is 0.401 e. The minimum absolute atomic E-state index is 0.243. The zero-order chi connectivity index (χ0) is 25.5. The Morgan fingerprint density at radius 3 is 2.24 bits per heavy atom. The van der Waals surface area contributed by atoms with Gasteiger partial charge in [-0.25, -0.2) is 9.97 Å². The van der Waals surface area contributed by atoms with Crippen LogP contribution in [-0.2, 0) is 22.4 Å². The van der Waals surface area contributed by atoms with Crippen LogP contribution in [0.25, 0.3) is 11.3 Å². The van der Waals surface area contributed by atoms with E-state index in [0.29, 0.717) is 37.7 Å².